The monoisotopic (exact) mass is 203 g/mol. The molecule has 3 heteroatoms. The van der Waals surface area contributed by atoms with Gasteiger partial charge in [-0.2, -0.15) is 0 Å². The highest BCUT2D eigenvalue weighted by Crippen LogP contribution is 2.07. The van der Waals surface area contributed by atoms with Crippen molar-refractivity contribution >= 4 is 10.9 Å². The lowest BCUT2D eigenvalue weighted by Crippen LogP contribution is -1.79. The molecule has 15 heavy (non-hydrogen) atoms. The van der Waals surface area contributed by atoms with Crippen LogP contribution in [0.5, 0.6) is 0 Å². The van der Waals surface area contributed by atoms with Crippen molar-refractivity contribution in [1.29, 1.82) is 0 Å². The minimum absolute atomic E-state index is 0.500. The average molecular weight is 203 g/mol. The van der Waals surface area contributed by atoms with E-state index in [9.17, 15) is 0 Å². The summed E-state index contributed by atoms with van der Waals surface area (Å²) < 4.78 is 9.44. The van der Waals surface area contributed by atoms with E-state index in [4.69, 9.17) is 9.47 Å². The molecule has 2 heterocycles. The van der Waals surface area contributed by atoms with Gasteiger partial charge in [0.25, 0.3) is 0 Å². The number of ether oxygens (including phenoxy) is 2. The van der Waals surface area contributed by atoms with Crippen molar-refractivity contribution in [3.05, 3.63) is 42.6 Å². The molecule has 0 bridgehead atoms. The van der Waals surface area contributed by atoms with Gasteiger partial charge in [-0.25, -0.2) is 0 Å². The van der Waals surface area contributed by atoms with Gasteiger partial charge in [0.1, 0.15) is 6.79 Å². The maximum atomic E-state index is 4.72. The van der Waals surface area contributed by atoms with E-state index in [1.807, 2.05) is 30.5 Å². The summed E-state index contributed by atoms with van der Waals surface area (Å²) in [6.07, 6.45) is 1.81. The lowest BCUT2D eigenvalue weighted by Gasteiger charge is -1.91. The van der Waals surface area contributed by atoms with Gasteiger partial charge >= 0.3 is 0 Å². The first-order valence-electron chi connectivity index (χ1n) is 4.92. The first-order chi connectivity index (χ1) is 7.47. The molecule has 0 spiro atoms. The van der Waals surface area contributed by atoms with Crippen LogP contribution in [0.4, 0.5) is 0 Å². The van der Waals surface area contributed by atoms with Gasteiger partial charge in [0.15, 0.2) is 0 Å². The Kier molecular flexibility index (Phi) is 3.65. The molecule has 0 radical (unpaired) electrons. The molecular weight excluding hydrogens is 190 g/mol. The highest BCUT2D eigenvalue weighted by molar-refractivity contribution is 5.77. The number of rotatable bonds is 0. The summed E-state index contributed by atoms with van der Waals surface area (Å²) in [5.41, 5.74) is 1.06. The number of fused-ring (bicyclic) bond motifs is 1. The normalized spacial score (nSPS) is 14.7. The average Bonchev–Trinajstić information content (AvgIpc) is 2.88. The van der Waals surface area contributed by atoms with Crippen LogP contribution in [0, 0.1) is 0 Å². The molecule has 0 aliphatic carbocycles. The third kappa shape index (κ3) is 3.01. The highest BCUT2D eigenvalue weighted by Gasteiger charge is 1.93. The number of pyridine rings is 1. The van der Waals surface area contributed by atoms with Crippen LogP contribution in [0.25, 0.3) is 10.9 Å². The lowest BCUT2D eigenvalue weighted by atomic mass is 10.2. The lowest BCUT2D eigenvalue weighted by molar-refractivity contribution is 0.0692. The first-order valence-corrected chi connectivity index (χ1v) is 4.92. The van der Waals surface area contributed by atoms with Crippen LogP contribution in [0.2, 0.25) is 0 Å². The number of aromatic nitrogens is 1. The van der Waals surface area contributed by atoms with E-state index in [0.29, 0.717) is 6.79 Å². The molecule has 0 N–H and O–H groups in total. The van der Waals surface area contributed by atoms with E-state index >= 15 is 0 Å². The molecule has 0 saturated carbocycles. The Morgan fingerprint density at radius 3 is 2.33 bits per heavy atom. The summed E-state index contributed by atoms with van der Waals surface area (Å²) in [7, 11) is 0. The van der Waals surface area contributed by atoms with Gasteiger partial charge in [-0.05, 0) is 12.1 Å². The van der Waals surface area contributed by atoms with Crippen molar-refractivity contribution in [1.82, 2.24) is 4.98 Å². The number of benzene rings is 1. The van der Waals surface area contributed by atoms with Crippen LogP contribution >= 0.6 is 0 Å². The van der Waals surface area contributed by atoms with Gasteiger partial charge in [0, 0.05) is 11.6 Å². The summed E-state index contributed by atoms with van der Waals surface area (Å²) in [4.78, 5) is 4.18. The molecule has 1 aliphatic heterocycles. The van der Waals surface area contributed by atoms with E-state index in [-0.39, 0.29) is 0 Å². The highest BCUT2D eigenvalue weighted by atomic mass is 16.7. The van der Waals surface area contributed by atoms with Crippen molar-refractivity contribution in [2.24, 2.45) is 0 Å². The van der Waals surface area contributed by atoms with E-state index in [1.54, 1.807) is 0 Å². The molecule has 0 unspecified atom stereocenters. The molecule has 1 fully saturated rings. The molecule has 0 amide bonds. The molecule has 2 aromatic rings. The second-order valence-corrected chi connectivity index (χ2v) is 3.13. The van der Waals surface area contributed by atoms with E-state index < -0.39 is 0 Å². The Labute approximate surface area is 88.7 Å². The maximum absolute atomic E-state index is 4.72. The number of hydrogen-bond acceptors (Lipinski definition) is 3. The number of nitrogens with zero attached hydrogens (tertiary/aromatic N) is 1. The smallest absolute Gasteiger partial charge is 0.146 e. The number of para-hydroxylation sites is 1. The van der Waals surface area contributed by atoms with E-state index in [2.05, 4.69) is 17.1 Å². The fourth-order valence-electron chi connectivity index (χ4n) is 1.31. The van der Waals surface area contributed by atoms with Gasteiger partial charge < -0.3 is 9.47 Å². The Balaban J connectivity index is 0.000000144. The van der Waals surface area contributed by atoms with Gasteiger partial charge in [-0.15, -0.1) is 0 Å². The van der Waals surface area contributed by atoms with Crippen molar-refractivity contribution < 1.29 is 9.47 Å². The predicted molar refractivity (Wildman–Crippen MR) is 58.5 cm³/mol. The van der Waals surface area contributed by atoms with Crippen LogP contribution in [-0.4, -0.2) is 25.0 Å². The second-order valence-electron chi connectivity index (χ2n) is 3.13. The topological polar surface area (TPSA) is 31.4 Å². The quantitative estimate of drug-likeness (QED) is 0.658. The van der Waals surface area contributed by atoms with Gasteiger partial charge in [0.05, 0.1) is 18.7 Å². The summed E-state index contributed by atoms with van der Waals surface area (Å²) in [5, 5.41) is 1.20. The minimum Gasteiger partial charge on any atom is -0.353 e. The zero-order chi connectivity index (χ0) is 10.3. The van der Waals surface area contributed by atoms with Gasteiger partial charge in [0.2, 0.25) is 0 Å². The van der Waals surface area contributed by atoms with Crippen LogP contribution in [-0.2, 0) is 9.47 Å². The summed E-state index contributed by atoms with van der Waals surface area (Å²) in [6, 6.07) is 12.1. The Bertz CT molecular complexity index is 340. The maximum Gasteiger partial charge on any atom is 0.146 e. The minimum atomic E-state index is 0.500. The molecule has 0 atom stereocenters. The Hall–Kier alpha value is -1.45. The fourth-order valence-corrected chi connectivity index (χ4v) is 1.31. The summed E-state index contributed by atoms with van der Waals surface area (Å²) >= 11 is 0. The molecule has 3 rings (SSSR count). The van der Waals surface area contributed by atoms with Crippen molar-refractivity contribution in [3.8, 4) is 0 Å². The third-order valence-corrected chi connectivity index (χ3v) is 2.05. The van der Waals surface area contributed by atoms with Crippen LogP contribution < -0.4 is 0 Å². The van der Waals surface area contributed by atoms with Gasteiger partial charge in [-0.3, -0.25) is 4.98 Å². The second kappa shape index (κ2) is 5.44. The Morgan fingerprint density at radius 1 is 0.933 bits per heavy atom. The van der Waals surface area contributed by atoms with Crippen molar-refractivity contribution in [2.75, 3.05) is 20.0 Å². The molecular formula is C12H13NO2. The van der Waals surface area contributed by atoms with Crippen LogP contribution in [0.3, 0.4) is 0 Å². The third-order valence-electron chi connectivity index (χ3n) is 2.05. The summed E-state index contributed by atoms with van der Waals surface area (Å²) in [5.74, 6) is 0. The standard InChI is InChI=1S/C9H7N.C3H6O2/c1-2-6-9-8(4-1)5-3-7-10-9;1-2-5-3-4-1/h1-7H;1-3H2. The molecule has 3 nitrogen and oxygen atoms in total. The van der Waals surface area contributed by atoms with Gasteiger partial charge in [-0.1, -0.05) is 24.3 Å². The molecule has 1 aromatic heterocycles. The fraction of sp³-hybridized carbons (Fsp3) is 0.250. The largest absolute Gasteiger partial charge is 0.353 e. The van der Waals surface area contributed by atoms with Crippen molar-refractivity contribution in [2.45, 2.75) is 0 Å². The predicted octanol–water partition coefficient (Wildman–Crippen LogP) is 2.23. The van der Waals surface area contributed by atoms with Crippen molar-refractivity contribution in [3.63, 3.8) is 0 Å². The van der Waals surface area contributed by atoms with Crippen LogP contribution in [0.1, 0.15) is 0 Å². The van der Waals surface area contributed by atoms with E-state index in [0.717, 1.165) is 18.7 Å². The van der Waals surface area contributed by atoms with Crippen LogP contribution in [0.15, 0.2) is 42.6 Å². The zero-order valence-corrected chi connectivity index (χ0v) is 8.43. The summed E-state index contributed by atoms with van der Waals surface area (Å²) in [6.45, 7) is 2.06. The zero-order valence-electron chi connectivity index (χ0n) is 8.43. The first kappa shape index (κ1) is 10.1. The molecule has 78 valence electrons. The number of hydrogen-bond donors (Lipinski definition) is 0. The molecule has 1 aliphatic rings. The Morgan fingerprint density at radius 2 is 1.67 bits per heavy atom. The SMILES string of the molecule is C1COCO1.c1ccc2ncccc2c1. The van der Waals surface area contributed by atoms with E-state index in [1.165, 1.54) is 5.39 Å². The molecule has 1 aromatic carbocycles. The molecule has 1 saturated heterocycles.